The van der Waals surface area contributed by atoms with Crippen molar-refractivity contribution in [2.45, 2.75) is 21.0 Å². The van der Waals surface area contributed by atoms with Gasteiger partial charge in [-0.2, -0.15) is 0 Å². The average Bonchev–Trinajstić information content (AvgIpc) is 3.12. The number of fused-ring (bicyclic) bond motifs is 5. The minimum atomic E-state index is -3.81. The summed E-state index contributed by atoms with van der Waals surface area (Å²) in [5.74, 6) is -0.671. The number of primary sulfonamides is 1. The fraction of sp³-hybridized carbons (Fsp3) is 0.467. The van der Waals surface area contributed by atoms with Crippen LogP contribution in [0.4, 0.5) is 5.69 Å². The molecule has 0 unspecified atom stereocenters. The van der Waals surface area contributed by atoms with Crippen LogP contribution in [0.15, 0.2) is 29.2 Å². The highest BCUT2D eigenvalue weighted by atomic mass is 79.9. The highest BCUT2D eigenvalue weighted by molar-refractivity contribution is 9.12. The van der Waals surface area contributed by atoms with E-state index in [2.05, 4.69) is 31.9 Å². The third-order valence-corrected chi connectivity index (χ3v) is 9.55. The van der Waals surface area contributed by atoms with Crippen molar-refractivity contribution >= 4 is 59.4 Å². The van der Waals surface area contributed by atoms with Gasteiger partial charge in [0, 0.05) is 9.65 Å². The molecular formula is C15H14Br2N2O4S. The third-order valence-electron chi connectivity index (χ3n) is 5.41. The quantitative estimate of drug-likeness (QED) is 0.516. The zero-order valence-electron chi connectivity index (χ0n) is 12.3. The van der Waals surface area contributed by atoms with E-state index in [1.165, 1.54) is 29.2 Å². The van der Waals surface area contributed by atoms with Gasteiger partial charge in [0.05, 0.1) is 22.4 Å². The summed E-state index contributed by atoms with van der Waals surface area (Å²) < 4.78 is 22.7. The molecule has 1 saturated heterocycles. The van der Waals surface area contributed by atoms with Crippen LogP contribution in [0.3, 0.4) is 0 Å². The van der Waals surface area contributed by atoms with Gasteiger partial charge in [-0.1, -0.05) is 31.9 Å². The van der Waals surface area contributed by atoms with Crippen LogP contribution in [-0.4, -0.2) is 29.9 Å². The van der Waals surface area contributed by atoms with Crippen LogP contribution in [0.25, 0.3) is 0 Å². The molecule has 1 aromatic carbocycles. The lowest BCUT2D eigenvalue weighted by Gasteiger charge is -2.28. The average molecular weight is 478 g/mol. The molecule has 2 saturated carbocycles. The first-order chi connectivity index (χ1) is 11.2. The number of anilines is 1. The van der Waals surface area contributed by atoms with Crippen molar-refractivity contribution in [1.29, 1.82) is 0 Å². The van der Waals surface area contributed by atoms with E-state index in [1.807, 2.05) is 0 Å². The maximum Gasteiger partial charge on any atom is 0.238 e. The van der Waals surface area contributed by atoms with Crippen LogP contribution in [0, 0.1) is 23.7 Å². The fourth-order valence-corrected chi connectivity index (χ4v) is 6.78. The van der Waals surface area contributed by atoms with Crippen molar-refractivity contribution in [1.82, 2.24) is 0 Å². The summed E-state index contributed by atoms with van der Waals surface area (Å²) in [5, 5.41) is 5.08. The van der Waals surface area contributed by atoms with E-state index in [0.29, 0.717) is 5.69 Å². The molecule has 6 nitrogen and oxygen atoms in total. The van der Waals surface area contributed by atoms with E-state index < -0.39 is 10.0 Å². The lowest BCUT2D eigenvalue weighted by atomic mass is 9.81. The number of benzene rings is 1. The molecule has 2 aliphatic carbocycles. The second-order valence-electron chi connectivity index (χ2n) is 6.55. The number of nitrogens with zero attached hydrogens (tertiary/aromatic N) is 1. The molecule has 6 atom stereocenters. The van der Waals surface area contributed by atoms with Crippen LogP contribution in [0.1, 0.15) is 6.42 Å². The first kappa shape index (κ1) is 16.7. The fourth-order valence-electron chi connectivity index (χ4n) is 4.39. The Kier molecular flexibility index (Phi) is 3.73. The summed E-state index contributed by atoms with van der Waals surface area (Å²) in [6.45, 7) is 0. The first-order valence-corrected chi connectivity index (χ1v) is 10.9. The number of amides is 2. The summed E-state index contributed by atoms with van der Waals surface area (Å²) in [6.07, 6.45) is 0.872. The largest absolute Gasteiger partial charge is 0.274 e. The number of rotatable bonds is 2. The van der Waals surface area contributed by atoms with Crippen LogP contribution in [-0.2, 0) is 19.6 Å². The number of carbonyl (C=O) groups is 2. The highest BCUT2D eigenvalue weighted by Crippen LogP contribution is 2.60. The van der Waals surface area contributed by atoms with E-state index in [1.54, 1.807) is 0 Å². The molecule has 0 radical (unpaired) electrons. The lowest BCUT2D eigenvalue weighted by Crippen LogP contribution is -2.37. The Balaban J connectivity index is 1.69. The summed E-state index contributed by atoms with van der Waals surface area (Å²) >= 11 is 7.29. The standard InChI is InChI=1S/C15H14Br2N2O4S/c16-12-8-5-9(13(12)17)11-10(8)14(20)19(15(11)21)6-1-3-7(4-2-6)24(18,22)23/h1-4,8-13H,5H2,(H2,18,22,23)/t8-,9-,10-,11-,12+,13+/m1/s1. The molecule has 2 N–H and O–H groups in total. The maximum atomic E-state index is 12.8. The molecule has 0 aromatic heterocycles. The van der Waals surface area contributed by atoms with Crippen molar-refractivity contribution in [2.75, 3.05) is 4.90 Å². The summed E-state index contributed by atoms with van der Waals surface area (Å²) in [6, 6.07) is 5.54. The smallest absolute Gasteiger partial charge is 0.238 e. The maximum absolute atomic E-state index is 12.8. The van der Waals surface area contributed by atoms with Crippen molar-refractivity contribution < 1.29 is 18.0 Å². The zero-order chi connectivity index (χ0) is 17.4. The molecule has 24 heavy (non-hydrogen) atoms. The van der Waals surface area contributed by atoms with Crippen LogP contribution >= 0.6 is 31.9 Å². The zero-order valence-corrected chi connectivity index (χ0v) is 16.3. The Hall–Kier alpha value is -0.770. The van der Waals surface area contributed by atoms with Crippen molar-refractivity contribution in [3.8, 4) is 0 Å². The molecule has 9 heteroatoms. The predicted octanol–water partition coefficient (Wildman–Crippen LogP) is 1.62. The van der Waals surface area contributed by atoms with E-state index in [4.69, 9.17) is 5.14 Å². The van der Waals surface area contributed by atoms with Crippen molar-refractivity contribution in [3.63, 3.8) is 0 Å². The molecule has 4 rings (SSSR count). The number of nitrogens with two attached hydrogens (primary N) is 1. The van der Waals surface area contributed by atoms with Gasteiger partial charge in [-0.05, 0) is 42.5 Å². The summed E-state index contributed by atoms with van der Waals surface area (Å²) in [7, 11) is -3.81. The summed E-state index contributed by atoms with van der Waals surface area (Å²) in [5.41, 5.74) is 0.392. The van der Waals surface area contributed by atoms with E-state index in [9.17, 15) is 18.0 Å². The second-order valence-corrected chi connectivity index (χ2v) is 10.2. The molecule has 3 aliphatic rings. The van der Waals surface area contributed by atoms with Gasteiger partial charge in [-0.25, -0.2) is 13.6 Å². The van der Waals surface area contributed by atoms with E-state index >= 15 is 0 Å². The van der Waals surface area contributed by atoms with Gasteiger partial charge in [0.1, 0.15) is 0 Å². The van der Waals surface area contributed by atoms with Crippen LogP contribution in [0.2, 0.25) is 0 Å². The van der Waals surface area contributed by atoms with Crippen LogP contribution in [0.5, 0.6) is 0 Å². The second kappa shape index (κ2) is 5.36. The molecular weight excluding hydrogens is 464 g/mol. The first-order valence-electron chi connectivity index (χ1n) is 7.50. The molecule has 2 bridgehead atoms. The number of imide groups is 1. The molecule has 1 aromatic rings. The third kappa shape index (κ3) is 2.17. The van der Waals surface area contributed by atoms with Crippen molar-refractivity contribution in [3.05, 3.63) is 24.3 Å². The Morgan fingerprint density at radius 2 is 1.42 bits per heavy atom. The van der Waals surface area contributed by atoms with Gasteiger partial charge in [0.25, 0.3) is 0 Å². The van der Waals surface area contributed by atoms with E-state index in [0.717, 1.165) is 6.42 Å². The minimum absolute atomic E-state index is 0.0494. The lowest BCUT2D eigenvalue weighted by molar-refractivity contribution is -0.123. The number of carbonyl (C=O) groups excluding carboxylic acids is 2. The van der Waals surface area contributed by atoms with Gasteiger partial charge in [0.15, 0.2) is 0 Å². The topological polar surface area (TPSA) is 97.5 Å². The van der Waals surface area contributed by atoms with Gasteiger partial charge in [0.2, 0.25) is 21.8 Å². The van der Waals surface area contributed by atoms with Gasteiger partial charge >= 0.3 is 0 Å². The normalized spacial score (nSPS) is 38.0. The molecule has 3 fully saturated rings. The van der Waals surface area contributed by atoms with Crippen LogP contribution < -0.4 is 10.0 Å². The number of hydrogen-bond donors (Lipinski definition) is 1. The van der Waals surface area contributed by atoms with Gasteiger partial charge < -0.3 is 0 Å². The number of sulfonamides is 1. The summed E-state index contributed by atoms with van der Waals surface area (Å²) in [4.78, 5) is 27.2. The predicted molar refractivity (Wildman–Crippen MR) is 94.3 cm³/mol. The SMILES string of the molecule is NS(=O)(=O)c1ccc(N2C(=O)[C@@H]3[C@H]4C[C@@H]([C@H](Br)[C@H]4Br)[C@H]3C2=O)cc1. The monoisotopic (exact) mass is 476 g/mol. The molecule has 128 valence electrons. The Morgan fingerprint density at radius 3 is 1.83 bits per heavy atom. The van der Waals surface area contributed by atoms with Gasteiger partial charge in [-0.15, -0.1) is 0 Å². The van der Waals surface area contributed by atoms with Gasteiger partial charge in [-0.3, -0.25) is 14.5 Å². The molecule has 2 amide bonds. The van der Waals surface area contributed by atoms with Crippen molar-refractivity contribution in [2.24, 2.45) is 28.8 Å². The minimum Gasteiger partial charge on any atom is -0.274 e. The number of halogens is 2. The van der Waals surface area contributed by atoms with E-state index in [-0.39, 0.29) is 50.0 Å². The molecule has 1 aliphatic heterocycles. The number of alkyl halides is 2. The number of hydrogen-bond acceptors (Lipinski definition) is 4. The Bertz CT molecular complexity index is 810. The molecule has 1 heterocycles. The molecule has 0 spiro atoms. The highest BCUT2D eigenvalue weighted by Gasteiger charge is 2.66. The Labute approximate surface area is 156 Å². The Morgan fingerprint density at radius 1 is 0.958 bits per heavy atom.